The van der Waals surface area contributed by atoms with E-state index in [0.717, 1.165) is 16.6 Å². The summed E-state index contributed by atoms with van der Waals surface area (Å²) in [6, 6.07) is 0. The highest BCUT2D eigenvalue weighted by molar-refractivity contribution is 7.17. The largest absolute Gasteiger partial charge is 0.326 e. The van der Waals surface area contributed by atoms with Crippen LogP contribution in [-0.4, -0.2) is 19.7 Å². The maximum absolute atomic E-state index is 4.28. The first-order valence-corrected chi connectivity index (χ1v) is 4.74. The molecule has 0 saturated heterocycles. The number of fused-ring (bicyclic) bond motifs is 3. The molecule has 0 aromatic carbocycles. The first-order chi connectivity index (χ1) is 6.38. The van der Waals surface area contributed by atoms with Gasteiger partial charge in [-0.1, -0.05) is 0 Å². The zero-order valence-electron chi connectivity index (χ0n) is 6.93. The van der Waals surface area contributed by atoms with E-state index < -0.39 is 0 Å². The lowest BCUT2D eigenvalue weighted by Crippen LogP contribution is -1.88. The van der Waals surface area contributed by atoms with Crippen LogP contribution in [0.15, 0.2) is 17.9 Å². The number of hydrogen-bond acceptors (Lipinski definition) is 4. The Morgan fingerprint density at radius 2 is 2.15 bits per heavy atom. The van der Waals surface area contributed by atoms with Crippen molar-refractivity contribution in [2.24, 2.45) is 7.05 Å². The molecule has 0 fully saturated rings. The minimum Gasteiger partial charge on any atom is -0.326 e. The van der Waals surface area contributed by atoms with E-state index in [1.165, 1.54) is 4.70 Å². The van der Waals surface area contributed by atoms with E-state index in [4.69, 9.17) is 0 Å². The molecule has 0 saturated carbocycles. The second-order valence-corrected chi connectivity index (χ2v) is 3.71. The maximum Gasteiger partial charge on any atom is 0.151 e. The van der Waals surface area contributed by atoms with Crippen molar-refractivity contribution in [1.29, 1.82) is 0 Å². The van der Waals surface area contributed by atoms with Crippen molar-refractivity contribution >= 4 is 32.6 Å². The van der Waals surface area contributed by atoms with Gasteiger partial charge >= 0.3 is 0 Å². The van der Waals surface area contributed by atoms with Crippen molar-refractivity contribution in [3.8, 4) is 0 Å². The van der Waals surface area contributed by atoms with Crippen molar-refractivity contribution in [2.45, 2.75) is 0 Å². The average molecular weight is 190 g/mol. The fourth-order valence-electron chi connectivity index (χ4n) is 1.53. The van der Waals surface area contributed by atoms with Crippen molar-refractivity contribution in [1.82, 2.24) is 19.7 Å². The molecular formula is C8H6N4S. The van der Waals surface area contributed by atoms with Crippen LogP contribution in [0.5, 0.6) is 0 Å². The van der Waals surface area contributed by atoms with Gasteiger partial charge in [-0.2, -0.15) is 10.2 Å². The third-order valence-electron chi connectivity index (χ3n) is 2.18. The summed E-state index contributed by atoms with van der Waals surface area (Å²) >= 11 is 1.64. The summed E-state index contributed by atoms with van der Waals surface area (Å²) in [6.07, 6.45) is 3.56. The van der Waals surface area contributed by atoms with Gasteiger partial charge in [-0.05, 0) is 0 Å². The van der Waals surface area contributed by atoms with E-state index in [2.05, 4.69) is 15.2 Å². The third kappa shape index (κ3) is 0.767. The predicted octanol–water partition coefficient (Wildman–Crippen LogP) is 1.58. The minimum atomic E-state index is 1.01. The Morgan fingerprint density at radius 3 is 3.08 bits per heavy atom. The van der Waals surface area contributed by atoms with E-state index in [0.29, 0.717) is 0 Å². The van der Waals surface area contributed by atoms with Crippen LogP contribution in [0.1, 0.15) is 0 Å². The lowest BCUT2D eigenvalue weighted by atomic mass is 10.4. The summed E-state index contributed by atoms with van der Waals surface area (Å²) < 4.78 is 3.22. The van der Waals surface area contributed by atoms with Crippen molar-refractivity contribution < 1.29 is 0 Å². The molecule has 0 atom stereocenters. The highest BCUT2D eigenvalue weighted by Crippen LogP contribution is 2.28. The molecule has 4 nitrogen and oxygen atoms in total. The summed E-state index contributed by atoms with van der Waals surface area (Å²) in [5, 5.41) is 8.86. The Kier molecular flexibility index (Phi) is 1.21. The summed E-state index contributed by atoms with van der Waals surface area (Å²) in [4.78, 5) is 4.28. The molecule has 3 rings (SSSR count). The van der Waals surface area contributed by atoms with Gasteiger partial charge in [-0.15, -0.1) is 11.3 Å². The van der Waals surface area contributed by atoms with Crippen LogP contribution < -0.4 is 0 Å². The molecule has 0 radical (unpaired) electrons. The lowest BCUT2D eigenvalue weighted by molar-refractivity contribution is 0.971. The van der Waals surface area contributed by atoms with Crippen LogP contribution in [-0.2, 0) is 7.05 Å². The molecule has 0 aliphatic carbocycles. The summed E-state index contributed by atoms with van der Waals surface area (Å²) in [6.45, 7) is 0. The van der Waals surface area contributed by atoms with Crippen molar-refractivity contribution in [2.75, 3.05) is 0 Å². The average Bonchev–Trinajstić information content (AvgIpc) is 2.72. The number of thiazole rings is 1. The fraction of sp³-hybridized carbons (Fsp3) is 0.125. The second kappa shape index (κ2) is 2.26. The van der Waals surface area contributed by atoms with Crippen LogP contribution >= 0.6 is 11.3 Å². The van der Waals surface area contributed by atoms with Gasteiger partial charge in [-0.25, -0.2) is 4.98 Å². The topological polar surface area (TPSA) is 43.6 Å². The quantitative estimate of drug-likeness (QED) is 0.540. The van der Waals surface area contributed by atoms with E-state index in [9.17, 15) is 0 Å². The van der Waals surface area contributed by atoms with Crippen LogP contribution in [0, 0.1) is 0 Å². The Morgan fingerprint density at radius 1 is 1.31 bits per heavy atom. The molecule has 0 amide bonds. The third-order valence-corrected chi connectivity index (χ3v) is 3.03. The minimum absolute atomic E-state index is 1.01. The number of aryl methyl sites for hydroxylation is 1. The molecular weight excluding hydrogens is 184 g/mol. The summed E-state index contributed by atoms with van der Waals surface area (Å²) in [5.74, 6) is 0. The maximum atomic E-state index is 4.28. The highest BCUT2D eigenvalue weighted by atomic mass is 32.1. The molecule has 0 spiro atoms. The number of nitrogens with zero attached hydrogens (tertiary/aromatic N) is 4. The molecule has 0 N–H and O–H groups in total. The standard InChI is InChI=1S/C8H6N4S/c1-12-6-3-11-10-2-5(6)7-8(12)9-4-13-7/h2-4H,1H3. The van der Waals surface area contributed by atoms with Gasteiger partial charge in [0.05, 0.1) is 28.1 Å². The zero-order chi connectivity index (χ0) is 8.84. The lowest BCUT2D eigenvalue weighted by Gasteiger charge is -1.92. The molecule has 3 aromatic rings. The molecule has 0 aliphatic heterocycles. The van der Waals surface area contributed by atoms with E-state index in [1.54, 1.807) is 23.7 Å². The second-order valence-electron chi connectivity index (χ2n) is 2.85. The van der Waals surface area contributed by atoms with Crippen LogP contribution in [0.4, 0.5) is 0 Å². The molecule has 64 valence electrons. The monoisotopic (exact) mass is 190 g/mol. The zero-order valence-corrected chi connectivity index (χ0v) is 7.75. The highest BCUT2D eigenvalue weighted by Gasteiger charge is 2.09. The van der Waals surface area contributed by atoms with Crippen LogP contribution in [0.25, 0.3) is 21.3 Å². The fourth-order valence-corrected chi connectivity index (χ4v) is 2.37. The van der Waals surface area contributed by atoms with E-state index >= 15 is 0 Å². The van der Waals surface area contributed by atoms with Gasteiger partial charge < -0.3 is 4.57 Å². The van der Waals surface area contributed by atoms with Gasteiger partial charge in [-0.3, -0.25) is 0 Å². The van der Waals surface area contributed by atoms with E-state index in [1.807, 2.05) is 17.1 Å². The SMILES string of the molecule is Cn1c2cnncc2c2scnc21. The smallest absolute Gasteiger partial charge is 0.151 e. The molecule has 5 heteroatoms. The van der Waals surface area contributed by atoms with E-state index in [-0.39, 0.29) is 0 Å². The molecule has 0 bridgehead atoms. The van der Waals surface area contributed by atoms with Crippen LogP contribution in [0.2, 0.25) is 0 Å². The molecule has 13 heavy (non-hydrogen) atoms. The Hall–Kier alpha value is -1.49. The Bertz CT molecular complexity index is 580. The molecule has 0 aliphatic rings. The normalized spacial score (nSPS) is 11.5. The summed E-state index contributed by atoms with van der Waals surface area (Å²) in [5.41, 5.74) is 3.95. The Labute approximate surface area is 77.8 Å². The molecule has 0 unspecified atom stereocenters. The molecule has 3 heterocycles. The van der Waals surface area contributed by atoms with Gasteiger partial charge in [0.25, 0.3) is 0 Å². The van der Waals surface area contributed by atoms with Crippen molar-refractivity contribution in [3.05, 3.63) is 17.9 Å². The first-order valence-electron chi connectivity index (χ1n) is 3.86. The van der Waals surface area contributed by atoms with Gasteiger partial charge in [0.1, 0.15) is 0 Å². The number of rotatable bonds is 0. The molecule has 3 aromatic heterocycles. The van der Waals surface area contributed by atoms with Gasteiger partial charge in [0.15, 0.2) is 5.65 Å². The number of hydrogen-bond donors (Lipinski definition) is 0. The van der Waals surface area contributed by atoms with Crippen molar-refractivity contribution in [3.63, 3.8) is 0 Å². The Balaban J connectivity index is 2.72. The summed E-state index contributed by atoms with van der Waals surface area (Å²) in [7, 11) is 1.99. The van der Waals surface area contributed by atoms with Gasteiger partial charge in [0.2, 0.25) is 0 Å². The first kappa shape index (κ1) is 6.97. The number of aromatic nitrogens is 4. The van der Waals surface area contributed by atoms with Crippen LogP contribution in [0.3, 0.4) is 0 Å². The predicted molar refractivity (Wildman–Crippen MR) is 51.7 cm³/mol. The van der Waals surface area contributed by atoms with Gasteiger partial charge in [0, 0.05) is 12.4 Å².